The number of fused-ring (bicyclic) bond motifs is 1. The second-order valence-electron chi connectivity index (χ2n) is 13.2. The second kappa shape index (κ2) is 11.1. The van der Waals surface area contributed by atoms with Crippen LogP contribution in [-0.2, 0) is 11.0 Å². The van der Waals surface area contributed by atoms with Crippen LogP contribution in [0.15, 0.2) is 60.7 Å². The summed E-state index contributed by atoms with van der Waals surface area (Å²) in [5.41, 5.74) is -0.370. The largest absolute Gasteiger partial charge is 0.418 e. The number of benzene rings is 3. The van der Waals surface area contributed by atoms with E-state index in [0.717, 1.165) is 36.8 Å². The number of hydrogen-bond acceptors (Lipinski definition) is 4. The van der Waals surface area contributed by atoms with Gasteiger partial charge in [-0.2, -0.15) is 13.2 Å². The van der Waals surface area contributed by atoms with Crippen molar-refractivity contribution in [1.29, 1.82) is 0 Å². The molecule has 1 spiro atoms. The number of carbonyl (C=O) groups excluding carboxylic acids is 2. The fourth-order valence-corrected chi connectivity index (χ4v) is 8.09. The van der Waals surface area contributed by atoms with Gasteiger partial charge in [-0.1, -0.05) is 30.3 Å². The average Bonchev–Trinajstić information content (AvgIpc) is 3.76. The van der Waals surface area contributed by atoms with Gasteiger partial charge in [-0.05, 0) is 93.1 Å². The Hall–Kier alpha value is -3.59. The van der Waals surface area contributed by atoms with Crippen molar-refractivity contribution in [2.75, 3.05) is 49.1 Å². The van der Waals surface area contributed by atoms with Crippen molar-refractivity contribution in [2.45, 2.75) is 63.7 Å². The van der Waals surface area contributed by atoms with Crippen LogP contribution < -0.4 is 9.80 Å². The van der Waals surface area contributed by atoms with Gasteiger partial charge in [0.1, 0.15) is 0 Å². The Morgan fingerprint density at radius 3 is 2.34 bits per heavy atom. The maximum atomic E-state index is 14.5. The highest BCUT2D eigenvalue weighted by atomic mass is 19.4. The number of nitrogens with zero attached hydrogens (tertiary/aromatic N) is 4. The van der Waals surface area contributed by atoms with Gasteiger partial charge in [0.2, 0.25) is 5.91 Å². The molecular weight excluding hydrogens is 565 g/mol. The third-order valence-corrected chi connectivity index (χ3v) is 10.7. The zero-order valence-corrected chi connectivity index (χ0v) is 25.2. The van der Waals surface area contributed by atoms with Gasteiger partial charge in [0, 0.05) is 56.1 Å². The average molecular weight is 605 g/mol. The summed E-state index contributed by atoms with van der Waals surface area (Å²) in [6, 6.07) is 18.9. The molecule has 4 aliphatic heterocycles. The topological polar surface area (TPSA) is 47.1 Å². The lowest BCUT2D eigenvalue weighted by Gasteiger charge is -2.38. The molecule has 4 heterocycles. The number of piperidine rings is 1. The summed E-state index contributed by atoms with van der Waals surface area (Å²) >= 11 is 0. The lowest BCUT2D eigenvalue weighted by Crippen LogP contribution is -2.46. The Morgan fingerprint density at radius 2 is 1.61 bits per heavy atom. The van der Waals surface area contributed by atoms with Crippen molar-refractivity contribution in [1.82, 2.24) is 9.80 Å². The maximum Gasteiger partial charge on any atom is 0.418 e. The lowest BCUT2D eigenvalue weighted by atomic mass is 9.77. The molecule has 4 saturated heterocycles. The number of likely N-dealkylation sites (tertiary alicyclic amines) is 2. The number of carbonyl (C=O) groups is 2. The first-order valence-electron chi connectivity index (χ1n) is 15.9. The summed E-state index contributed by atoms with van der Waals surface area (Å²) < 4.78 is 43.5. The summed E-state index contributed by atoms with van der Waals surface area (Å²) in [5, 5.41) is 2.05. The highest BCUT2D eigenvalue weighted by molar-refractivity contribution is 6.02. The molecule has 232 valence electrons. The van der Waals surface area contributed by atoms with Gasteiger partial charge < -0.3 is 14.7 Å². The van der Waals surface area contributed by atoms with Gasteiger partial charge in [-0.3, -0.25) is 14.5 Å². The van der Waals surface area contributed by atoms with Crippen LogP contribution in [0, 0.1) is 5.41 Å². The molecule has 9 heteroatoms. The fraction of sp³-hybridized carbons (Fsp3) is 0.486. The Labute approximate surface area is 256 Å². The minimum absolute atomic E-state index is 0.0540. The van der Waals surface area contributed by atoms with Crippen LogP contribution in [0.1, 0.15) is 61.4 Å². The van der Waals surface area contributed by atoms with Crippen molar-refractivity contribution in [3.63, 3.8) is 0 Å². The molecule has 3 aromatic carbocycles. The predicted molar refractivity (Wildman–Crippen MR) is 166 cm³/mol. The lowest BCUT2D eigenvalue weighted by molar-refractivity contribution is -0.137. The fourth-order valence-electron chi connectivity index (χ4n) is 8.09. The van der Waals surface area contributed by atoms with Crippen molar-refractivity contribution >= 4 is 34.0 Å². The molecule has 0 bridgehead atoms. The molecule has 2 amide bonds. The number of hydrogen-bond donors (Lipinski definition) is 0. The second-order valence-corrected chi connectivity index (χ2v) is 13.2. The molecule has 0 radical (unpaired) electrons. The molecule has 3 aromatic rings. The van der Waals surface area contributed by atoms with Gasteiger partial charge in [0.25, 0.3) is 5.91 Å². The van der Waals surface area contributed by atoms with Crippen LogP contribution in [0.3, 0.4) is 0 Å². The van der Waals surface area contributed by atoms with E-state index in [1.165, 1.54) is 29.9 Å². The quantitative estimate of drug-likeness (QED) is 0.338. The highest BCUT2D eigenvalue weighted by Gasteiger charge is 2.50. The Kier molecular flexibility index (Phi) is 7.34. The Balaban J connectivity index is 1.05. The first kappa shape index (κ1) is 29.1. The molecule has 7 rings (SSSR count). The summed E-state index contributed by atoms with van der Waals surface area (Å²) in [4.78, 5) is 34.9. The molecule has 2 atom stereocenters. The van der Waals surface area contributed by atoms with E-state index in [-0.39, 0.29) is 24.0 Å². The van der Waals surface area contributed by atoms with Crippen LogP contribution in [0.4, 0.5) is 24.5 Å². The first-order chi connectivity index (χ1) is 21.1. The van der Waals surface area contributed by atoms with E-state index < -0.39 is 17.2 Å². The van der Waals surface area contributed by atoms with Crippen molar-refractivity contribution in [2.24, 2.45) is 5.41 Å². The van der Waals surface area contributed by atoms with Crippen LogP contribution in [0.2, 0.25) is 0 Å². The molecule has 6 nitrogen and oxygen atoms in total. The molecule has 0 saturated carbocycles. The van der Waals surface area contributed by atoms with E-state index in [2.05, 4.69) is 16.7 Å². The Morgan fingerprint density at radius 1 is 0.864 bits per heavy atom. The van der Waals surface area contributed by atoms with Gasteiger partial charge in [-0.15, -0.1) is 0 Å². The third kappa shape index (κ3) is 5.13. The number of alkyl halides is 3. The van der Waals surface area contributed by atoms with Gasteiger partial charge >= 0.3 is 6.18 Å². The summed E-state index contributed by atoms with van der Waals surface area (Å²) in [6.07, 6.45) is 0.101. The smallest absolute Gasteiger partial charge is 0.370 e. The summed E-state index contributed by atoms with van der Waals surface area (Å²) in [5.74, 6) is -0.330. The SMILES string of the molecule is C[C@H]1CCCN1[C@H]1CCN(c2ccc(N3CCC4(CCN(C(=O)c5ccc6ccccc6c5)CC4)C3=O)c(C(F)(F)F)c2)C1. The van der Waals surface area contributed by atoms with E-state index >= 15 is 0 Å². The minimum Gasteiger partial charge on any atom is -0.370 e. The van der Waals surface area contributed by atoms with Crippen molar-refractivity contribution in [3.05, 3.63) is 71.8 Å². The standard InChI is InChI=1S/C35H39F3N4O2/c1-24-5-4-16-41(24)29-12-17-40(23-29)28-10-11-31(30(22-28)35(36,37)38)42-20-15-34(33(42)44)13-18-39(19-14-34)32(43)27-9-8-25-6-2-3-7-26(25)21-27/h2-3,6-11,21-22,24,29H,4-5,12-20,23H2,1H3/t24-,29-/m0/s1. The zero-order chi connectivity index (χ0) is 30.6. The number of anilines is 2. The molecule has 4 aliphatic rings. The van der Waals surface area contributed by atoms with Gasteiger partial charge in [-0.25, -0.2) is 0 Å². The van der Waals surface area contributed by atoms with E-state index in [1.807, 2.05) is 42.5 Å². The molecular formula is C35H39F3N4O2. The van der Waals surface area contributed by atoms with Crippen LogP contribution in [0.25, 0.3) is 10.8 Å². The molecule has 0 aromatic heterocycles. The zero-order valence-electron chi connectivity index (χ0n) is 25.2. The van der Waals surface area contributed by atoms with Crippen LogP contribution >= 0.6 is 0 Å². The first-order valence-corrected chi connectivity index (χ1v) is 15.9. The van der Waals surface area contributed by atoms with Crippen LogP contribution in [0.5, 0.6) is 0 Å². The molecule has 4 fully saturated rings. The minimum atomic E-state index is -4.58. The van der Waals surface area contributed by atoms with Crippen molar-refractivity contribution in [3.8, 4) is 0 Å². The van der Waals surface area contributed by atoms with E-state index in [4.69, 9.17) is 0 Å². The summed E-state index contributed by atoms with van der Waals surface area (Å²) in [6.45, 7) is 5.80. The van der Waals surface area contributed by atoms with Crippen LogP contribution in [-0.4, -0.2) is 73.0 Å². The van der Waals surface area contributed by atoms with Crippen molar-refractivity contribution < 1.29 is 22.8 Å². The molecule has 0 N–H and O–H groups in total. The molecule has 0 aliphatic carbocycles. The van der Waals surface area contributed by atoms with Gasteiger partial charge in [0.05, 0.1) is 16.7 Å². The maximum absolute atomic E-state index is 14.5. The van der Waals surface area contributed by atoms with Gasteiger partial charge in [0.15, 0.2) is 0 Å². The molecule has 44 heavy (non-hydrogen) atoms. The molecule has 0 unspecified atom stereocenters. The number of amides is 2. The number of rotatable bonds is 4. The van der Waals surface area contributed by atoms with E-state index in [0.29, 0.717) is 55.7 Å². The number of halogens is 3. The van der Waals surface area contributed by atoms with E-state index in [1.54, 1.807) is 11.0 Å². The normalized spacial score (nSPS) is 24.3. The summed E-state index contributed by atoms with van der Waals surface area (Å²) in [7, 11) is 0. The third-order valence-electron chi connectivity index (χ3n) is 10.7. The Bertz CT molecular complexity index is 1580. The highest BCUT2D eigenvalue weighted by Crippen LogP contribution is 2.47. The van der Waals surface area contributed by atoms with E-state index in [9.17, 15) is 22.8 Å². The monoisotopic (exact) mass is 604 g/mol. The predicted octanol–water partition coefficient (Wildman–Crippen LogP) is 6.58.